The van der Waals surface area contributed by atoms with Gasteiger partial charge in [0.15, 0.2) is 0 Å². The topological polar surface area (TPSA) is 91.5 Å². The molecule has 5 aromatic rings. The van der Waals surface area contributed by atoms with E-state index in [4.69, 9.17) is 19.2 Å². The number of aromatic hydroxyl groups is 1. The van der Waals surface area contributed by atoms with Gasteiger partial charge in [-0.15, -0.1) is 5.10 Å². The van der Waals surface area contributed by atoms with E-state index in [0.717, 1.165) is 22.3 Å². The molecule has 0 fully saturated rings. The molecule has 0 aliphatic carbocycles. The van der Waals surface area contributed by atoms with Gasteiger partial charge in [-0.25, -0.2) is 9.67 Å². The van der Waals surface area contributed by atoms with Gasteiger partial charge in [-0.3, -0.25) is 0 Å². The highest BCUT2D eigenvalue weighted by atomic mass is 16.5. The Morgan fingerprint density at radius 3 is 2.41 bits per heavy atom. The van der Waals surface area contributed by atoms with Gasteiger partial charge in [0.1, 0.15) is 35.3 Å². The average Bonchev–Trinajstić information content (AvgIpc) is 3.36. The van der Waals surface area contributed by atoms with Crippen LogP contribution >= 0.6 is 0 Å². The quantitative estimate of drug-likeness (QED) is 0.330. The van der Waals surface area contributed by atoms with E-state index in [1.54, 1.807) is 42.3 Å². The number of ether oxygens (including phenoxy) is 3. The summed E-state index contributed by atoms with van der Waals surface area (Å²) in [7, 11) is 1.64. The van der Waals surface area contributed by atoms with Crippen molar-refractivity contribution in [1.82, 2.24) is 20.0 Å². The minimum atomic E-state index is 0.199. The average molecular weight is 454 g/mol. The summed E-state index contributed by atoms with van der Waals surface area (Å²) in [5.41, 5.74) is 2.93. The number of phenols is 1. The third-order valence-electron chi connectivity index (χ3n) is 5.17. The van der Waals surface area contributed by atoms with Crippen molar-refractivity contribution in [3.8, 4) is 40.1 Å². The van der Waals surface area contributed by atoms with Gasteiger partial charge in [-0.05, 0) is 72.8 Å². The number of phenolic OH excluding ortho intramolecular Hbond substituents is 1. The highest BCUT2D eigenvalue weighted by Gasteiger charge is 2.10. The van der Waals surface area contributed by atoms with E-state index in [1.807, 2.05) is 54.6 Å². The summed E-state index contributed by atoms with van der Waals surface area (Å²) in [5, 5.41) is 18.8. The lowest BCUT2D eigenvalue weighted by Crippen LogP contribution is -2.03. The highest BCUT2D eigenvalue weighted by molar-refractivity contribution is 5.87. The molecule has 8 nitrogen and oxygen atoms in total. The Bertz CT molecular complexity index is 1400. The summed E-state index contributed by atoms with van der Waals surface area (Å²) < 4.78 is 18.4. The summed E-state index contributed by atoms with van der Waals surface area (Å²) in [5.74, 6) is 2.36. The van der Waals surface area contributed by atoms with E-state index in [2.05, 4.69) is 10.3 Å². The largest absolute Gasteiger partial charge is 0.508 e. The molecule has 8 heteroatoms. The number of fused-ring (bicyclic) bond motifs is 1. The SMILES string of the molecule is COCCOc1ccc(Oc2cccc3nc(-c4cn(-c5ccc(O)cc5)nn4)ccc23)cc1. The van der Waals surface area contributed by atoms with Crippen molar-refractivity contribution in [2.45, 2.75) is 0 Å². The molecular formula is C26H22N4O4. The maximum atomic E-state index is 9.48. The molecule has 0 aliphatic heterocycles. The zero-order chi connectivity index (χ0) is 23.3. The van der Waals surface area contributed by atoms with Crippen LogP contribution in [0.2, 0.25) is 0 Å². The molecule has 0 spiro atoms. The van der Waals surface area contributed by atoms with E-state index < -0.39 is 0 Å². The first-order valence-corrected chi connectivity index (χ1v) is 10.7. The predicted octanol–water partition coefficient (Wildman–Crippen LogP) is 5.01. The van der Waals surface area contributed by atoms with E-state index in [0.29, 0.717) is 36.1 Å². The molecular weight excluding hydrogens is 432 g/mol. The molecule has 0 atom stereocenters. The first-order valence-electron chi connectivity index (χ1n) is 10.7. The lowest BCUT2D eigenvalue weighted by Gasteiger charge is -2.10. The molecule has 0 saturated heterocycles. The Morgan fingerprint density at radius 2 is 1.62 bits per heavy atom. The summed E-state index contributed by atoms with van der Waals surface area (Å²) in [6, 6.07) is 23.8. The Morgan fingerprint density at radius 1 is 0.824 bits per heavy atom. The summed E-state index contributed by atoms with van der Waals surface area (Å²) in [4.78, 5) is 4.76. The van der Waals surface area contributed by atoms with Crippen LogP contribution in [0.4, 0.5) is 0 Å². The molecule has 0 amide bonds. The molecule has 2 heterocycles. The third kappa shape index (κ3) is 4.67. The summed E-state index contributed by atoms with van der Waals surface area (Å²) >= 11 is 0. The Labute approximate surface area is 196 Å². The van der Waals surface area contributed by atoms with Gasteiger partial charge in [-0.1, -0.05) is 11.3 Å². The maximum absolute atomic E-state index is 9.48. The third-order valence-corrected chi connectivity index (χ3v) is 5.17. The predicted molar refractivity (Wildman–Crippen MR) is 128 cm³/mol. The van der Waals surface area contributed by atoms with Crippen molar-refractivity contribution in [2.24, 2.45) is 0 Å². The molecule has 34 heavy (non-hydrogen) atoms. The van der Waals surface area contributed by atoms with Crippen LogP contribution in [0.1, 0.15) is 0 Å². The van der Waals surface area contributed by atoms with Gasteiger partial charge in [0.2, 0.25) is 0 Å². The maximum Gasteiger partial charge on any atom is 0.136 e. The number of pyridine rings is 1. The lowest BCUT2D eigenvalue weighted by atomic mass is 10.1. The number of nitrogens with zero attached hydrogens (tertiary/aromatic N) is 4. The zero-order valence-electron chi connectivity index (χ0n) is 18.5. The number of benzene rings is 3. The molecule has 5 rings (SSSR count). The van der Waals surface area contributed by atoms with Gasteiger partial charge in [-0.2, -0.15) is 0 Å². The van der Waals surface area contributed by atoms with E-state index in [9.17, 15) is 5.11 Å². The summed E-state index contributed by atoms with van der Waals surface area (Å²) in [6.07, 6.45) is 1.80. The van der Waals surface area contributed by atoms with Crippen molar-refractivity contribution in [1.29, 1.82) is 0 Å². The highest BCUT2D eigenvalue weighted by Crippen LogP contribution is 2.31. The normalized spacial score (nSPS) is 11.0. The van der Waals surface area contributed by atoms with Gasteiger partial charge < -0.3 is 19.3 Å². The number of hydrogen-bond donors (Lipinski definition) is 1. The van der Waals surface area contributed by atoms with E-state index in [-0.39, 0.29) is 5.75 Å². The van der Waals surface area contributed by atoms with Crippen molar-refractivity contribution >= 4 is 10.9 Å². The van der Waals surface area contributed by atoms with Gasteiger partial charge in [0, 0.05) is 12.5 Å². The van der Waals surface area contributed by atoms with E-state index in [1.165, 1.54) is 0 Å². The van der Waals surface area contributed by atoms with Gasteiger partial charge >= 0.3 is 0 Å². The Kier molecular flexibility index (Phi) is 6.05. The first kappa shape index (κ1) is 21.4. The van der Waals surface area contributed by atoms with Crippen LogP contribution in [0.5, 0.6) is 23.0 Å². The number of aromatic nitrogens is 4. The standard InChI is InChI=1S/C26H22N4O4/c1-32-15-16-33-20-9-11-21(12-10-20)34-26-4-2-3-23-22(26)13-14-24(27-23)25-17-30(29-28-25)18-5-7-19(31)8-6-18/h2-14,17,31H,15-16H2,1H3. The molecule has 3 aromatic carbocycles. The molecule has 2 aromatic heterocycles. The molecule has 0 saturated carbocycles. The molecule has 1 N–H and O–H groups in total. The van der Waals surface area contributed by atoms with Crippen LogP contribution in [-0.4, -0.2) is 45.4 Å². The summed E-state index contributed by atoms with van der Waals surface area (Å²) in [6.45, 7) is 1.03. The molecule has 0 radical (unpaired) electrons. The van der Waals surface area contributed by atoms with Gasteiger partial charge in [0.05, 0.1) is 29.7 Å². The fraction of sp³-hybridized carbons (Fsp3) is 0.115. The van der Waals surface area contributed by atoms with Crippen molar-refractivity contribution < 1.29 is 19.3 Å². The minimum absolute atomic E-state index is 0.199. The lowest BCUT2D eigenvalue weighted by molar-refractivity contribution is 0.146. The van der Waals surface area contributed by atoms with Crippen LogP contribution in [0, 0.1) is 0 Å². The van der Waals surface area contributed by atoms with E-state index >= 15 is 0 Å². The smallest absolute Gasteiger partial charge is 0.136 e. The van der Waals surface area contributed by atoms with Crippen molar-refractivity contribution in [3.05, 3.63) is 85.1 Å². The zero-order valence-corrected chi connectivity index (χ0v) is 18.5. The first-order chi connectivity index (χ1) is 16.7. The monoisotopic (exact) mass is 454 g/mol. The number of rotatable bonds is 8. The van der Waals surface area contributed by atoms with Crippen molar-refractivity contribution in [2.75, 3.05) is 20.3 Å². The fourth-order valence-corrected chi connectivity index (χ4v) is 3.44. The number of hydrogen-bond acceptors (Lipinski definition) is 7. The van der Waals surface area contributed by atoms with Crippen LogP contribution in [0.15, 0.2) is 85.1 Å². The Hall–Kier alpha value is -4.43. The molecule has 0 aliphatic rings. The second-order valence-electron chi connectivity index (χ2n) is 7.50. The van der Waals surface area contributed by atoms with Crippen LogP contribution in [0.3, 0.4) is 0 Å². The molecule has 0 bridgehead atoms. The fourth-order valence-electron chi connectivity index (χ4n) is 3.44. The Balaban J connectivity index is 1.36. The van der Waals surface area contributed by atoms with Crippen LogP contribution < -0.4 is 9.47 Å². The van der Waals surface area contributed by atoms with Gasteiger partial charge in [0.25, 0.3) is 0 Å². The molecule has 170 valence electrons. The van der Waals surface area contributed by atoms with Crippen LogP contribution in [-0.2, 0) is 4.74 Å². The second kappa shape index (κ2) is 9.60. The second-order valence-corrected chi connectivity index (χ2v) is 7.50. The molecule has 0 unspecified atom stereocenters. The van der Waals surface area contributed by atoms with Crippen LogP contribution in [0.25, 0.3) is 28.0 Å². The number of methoxy groups -OCH3 is 1. The van der Waals surface area contributed by atoms with Crippen molar-refractivity contribution in [3.63, 3.8) is 0 Å². The minimum Gasteiger partial charge on any atom is -0.508 e.